The molecule has 0 amide bonds. The number of hydrogen-bond donors (Lipinski definition) is 0. The van der Waals surface area contributed by atoms with Gasteiger partial charge >= 0.3 is 6.04 Å². The van der Waals surface area contributed by atoms with E-state index in [-0.39, 0.29) is 10.8 Å². The van der Waals surface area contributed by atoms with Crippen LogP contribution in [0.2, 0.25) is 0 Å². The molecule has 2 nitrogen and oxygen atoms in total. The lowest BCUT2D eigenvalue weighted by molar-refractivity contribution is 0.0836. The van der Waals surface area contributed by atoms with Crippen LogP contribution in [0.1, 0.15) is 28.1 Å². The summed E-state index contributed by atoms with van der Waals surface area (Å²) in [6.07, 6.45) is 1.76. The molecule has 0 radical (unpaired) electrons. The Kier molecular flexibility index (Phi) is 4.99. The number of benzene rings is 1. The summed E-state index contributed by atoms with van der Waals surface area (Å²) >= 11 is 0. The summed E-state index contributed by atoms with van der Waals surface area (Å²) in [5.74, 6) is 0. The maximum absolute atomic E-state index is 12.5. The summed E-state index contributed by atoms with van der Waals surface area (Å²) in [4.78, 5) is 14.8. The summed E-state index contributed by atoms with van der Waals surface area (Å²) in [6, 6.07) is 11.0. The zero-order valence-corrected chi connectivity index (χ0v) is 11.9. The molecule has 2 aromatic rings. The van der Waals surface area contributed by atoms with E-state index in [4.69, 9.17) is 0 Å². The molecule has 1 unspecified atom stereocenters. The minimum absolute atomic E-state index is 0.0957. The highest BCUT2D eigenvalue weighted by molar-refractivity contribution is 8.76. The lowest BCUT2D eigenvalue weighted by atomic mass is 10.1. The zero-order valence-electron chi connectivity index (χ0n) is 10.2. The Balaban J connectivity index is 1.96. The molecule has 0 saturated heterocycles. The molecule has 0 bridgehead atoms. The largest absolute Gasteiger partial charge is 0.332 e. The fourth-order valence-corrected chi connectivity index (χ4v) is 3.57. The Morgan fingerprint density at radius 2 is 1.95 bits per heavy atom. The molecule has 5 heteroatoms. The smallest absolute Gasteiger partial charge is 0.255 e. The molecule has 98 valence electrons. The van der Waals surface area contributed by atoms with Gasteiger partial charge in [-0.1, -0.05) is 29.0 Å². The van der Waals surface area contributed by atoms with Gasteiger partial charge in [-0.05, 0) is 47.5 Å². The maximum atomic E-state index is 12.5. The Labute approximate surface area is 119 Å². The van der Waals surface area contributed by atoms with E-state index in [1.807, 2.05) is 18.2 Å². The Morgan fingerprint density at radius 3 is 2.53 bits per heavy atom. The molecule has 19 heavy (non-hydrogen) atoms. The van der Waals surface area contributed by atoms with Gasteiger partial charge in [-0.25, -0.2) is 4.98 Å². The highest BCUT2D eigenvalue weighted by Crippen LogP contribution is 2.41. The monoisotopic (exact) mass is 293 g/mol. The predicted molar refractivity (Wildman–Crippen MR) is 78.0 cm³/mol. The number of halogens is 1. The number of carbonyl (C=O) groups is 1. The molecule has 1 heterocycles. The Bertz CT molecular complexity index is 545. The van der Waals surface area contributed by atoms with Gasteiger partial charge in [0.15, 0.2) is 0 Å². The van der Waals surface area contributed by atoms with Crippen molar-refractivity contribution >= 4 is 27.6 Å². The van der Waals surface area contributed by atoms with Crippen molar-refractivity contribution in [2.45, 2.75) is 17.2 Å². The second-order valence-corrected chi connectivity index (χ2v) is 6.45. The van der Waals surface area contributed by atoms with E-state index in [1.165, 1.54) is 12.1 Å². The molecular weight excluding hydrogens is 281 g/mol. The van der Waals surface area contributed by atoms with E-state index >= 15 is 0 Å². The number of carbonyl (C=O) groups excluding carboxylic acids is 1. The Hall–Kier alpha value is -1.33. The normalized spacial score (nSPS) is 12.1. The van der Waals surface area contributed by atoms with Gasteiger partial charge in [-0.3, -0.25) is 4.79 Å². The van der Waals surface area contributed by atoms with Crippen molar-refractivity contribution in [2.75, 3.05) is 0 Å². The highest BCUT2D eigenvalue weighted by Gasteiger charge is 2.09. The van der Waals surface area contributed by atoms with Crippen LogP contribution in [0, 0.1) is 0 Å². The van der Waals surface area contributed by atoms with Gasteiger partial charge in [0.2, 0.25) is 0 Å². The second-order valence-electron chi connectivity index (χ2n) is 3.89. The minimum atomic E-state index is -1.39. The predicted octanol–water partition coefficient (Wildman–Crippen LogP) is 4.69. The van der Waals surface area contributed by atoms with Crippen LogP contribution >= 0.6 is 21.6 Å². The van der Waals surface area contributed by atoms with Crippen LogP contribution in [0.4, 0.5) is 4.39 Å². The van der Waals surface area contributed by atoms with Crippen LogP contribution < -0.4 is 0 Å². The quantitative estimate of drug-likeness (QED) is 0.591. The van der Waals surface area contributed by atoms with Gasteiger partial charge in [0.25, 0.3) is 0 Å². The molecule has 0 spiro atoms. The highest BCUT2D eigenvalue weighted by atomic mass is 33.1. The van der Waals surface area contributed by atoms with E-state index in [2.05, 4.69) is 11.9 Å². The zero-order chi connectivity index (χ0) is 13.7. The number of aromatic nitrogens is 1. The Morgan fingerprint density at radius 1 is 1.21 bits per heavy atom. The molecule has 1 atom stereocenters. The van der Waals surface area contributed by atoms with Gasteiger partial charge in [0.05, 0.1) is 5.56 Å². The average molecular weight is 293 g/mol. The topological polar surface area (TPSA) is 30.0 Å². The summed E-state index contributed by atoms with van der Waals surface area (Å²) in [5.41, 5.74) is 1.15. The van der Waals surface area contributed by atoms with E-state index in [1.54, 1.807) is 39.9 Å². The summed E-state index contributed by atoms with van der Waals surface area (Å²) in [7, 11) is 3.27. The van der Waals surface area contributed by atoms with Crippen LogP contribution in [-0.4, -0.2) is 11.0 Å². The molecule has 0 aliphatic heterocycles. The van der Waals surface area contributed by atoms with Crippen molar-refractivity contribution in [3.8, 4) is 0 Å². The average Bonchev–Trinajstić information content (AvgIpc) is 2.46. The van der Waals surface area contributed by atoms with Gasteiger partial charge < -0.3 is 0 Å². The molecule has 1 aromatic heterocycles. The van der Waals surface area contributed by atoms with Crippen LogP contribution in [0.5, 0.6) is 0 Å². The lowest BCUT2D eigenvalue weighted by Gasteiger charge is -2.10. The minimum Gasteiger partial charge on any atom is -0.255 e. The van der Waals surface area contributed by atoms with E-state index in [0.717, 1.165) is 10.6 Å². The molecule has 0 aliphatic rings. The molecule has 1 aromatic carbocycles. The van der Waals surface area contributed by atoms with Crippen molar-refractivity contribution in [2.24, 2.45) is 0 Å². The third-order valence-electron chi connectivity index (χ3n) is 2.52. The number of nitrogens with zero attached hydrogens (tertiary/aromatic N) is 1. The molecular formula is C14H12FNOS2. The molecule has 0 fully saturated rings. The third-order valence-corrected chi connectivity index (χ3v) is 5.26. The van der Waals surface area contributed by atoms with Crippen molar-refractivity contribution in [1.29, 1.82) is 0 Å². The van der Waals surface area contributed by atoms with Gasteiger partial charge in [0, 0.05) is 11.4 Å². The van der Waals surface area contributed by atoms with E-state index in [0.29, 0.717) is 0 Å². The van der Waals surface area contributed by atoms with Gasteiger partial charge in [0.1, 0.15) is 5.03 Å². The SMILES string of the molecule is CC(SSc1ccccn1)c1ccc(C(=O)F)cc1. The maximum Gasteiger partial charge on any atom is 0.332 e. The molecule has 0 aliphatic carbocycles. The molecule has 2 rings (SSSR count). The van der Waals surface area contributed by atoms with Crippen LogP contribution in [0.25, 0.3) is 0 Å². The number of hydrogen-bond acceptors (Lipinski definition) is 4. The fourth-order valence-electron chi connectivity index (χ4n) is 1.46. The van der Waals surface area contributed by atoms with Crippen LogP contribution in [0.15, 0.2) is 53.7 Å². The number of pyridine rings is 1. The van der Waals surface area contributed by atoms with Crippen molar-refractivity contribution in [1.82, 2.24) is 4.98 Å². The second kappa shape index (κ2) is 6.73. The first kappa shape index (κ1) is 14.1. The summed E-state index contributed by atoms with van der Waals surface area (Å²) in [6.45, 7) is 2.06. The third kappa shape index (κ3) is 4.08. The van der Waals surface area contributed by atoms with Crippen LogP contribution in [-0.2, 0) is 0 Å². The van der Waals surface area contributed by atoms with Crippen molar-refractivity contribution < 1.29 is 9.18 Å². The number of rotatable bonds is 5. The lowest BCUT2D eigenvalue weighted by Crippen LogP contribution is -1.92. The van der Waals surface area contributed by atoms with E-state index in [9.17, 15) is 9.18 Å². The standard InChI is InChI=1S/C14H12FNOS2/c1-10(18-19-13-4-2-3-9-16-13)11-5-7-12(8-6-11)14(15)17/h2-10H,1H3. The fraction of sp³-hybridized carbons (Fsp3) is 0.143. The molecule has 0 saturated carbocycles. The first-order valence-electron chi connectivity index (χ1n) is 5.71. The molecule has 0 N–H and O–H groups in total. The van der Waals surface area contributed by atoms with Crippen LogP contribution in [0.3, 0.4) is 0 Å². The van der Waals surface area contributed by atoms with Gasteiger partial charge in [-0.15, -0.1) is 0 Å². The van der Waals surface area contributed by atoms with Gasteiger partial charge in [-0.2, -0.15) is 4.39 Å². The van der Waals surface area contributed by atoms with Crippen molar-refractivity contribution in [3.63, 3.8) is 0 Å². The van der Waals surface area contributed by atoms with E-state index < -0.39 is 6.04 Å². The first-order chi connectivity index (χ1) is 9.16. The summed E-state index contributed by atoms with van der Waals surface area (Å²) < 4.78 is 12.5. The van der Waals surface area contributed by atoms with Crippen molar-refractivity contribution in [3.05, 3.63) is 59.8 Å². The first-order valence-corrected chi connectivity index (χ1v) is 7.92. The summed E-state index contributed by atoms with van der Waals surface area (Å²) in [5, 5.41) is 1.19.